The summed E-state index contributed by atoms with van der Waals surface area (Å²) in [5.41, 5.74) is 1.96. The maximum Gasteiger partial charge on any atom is 0.408 e. The maximum absolute atomic E-state index is 13.2. The van der Waals surface area contributed by atoms with E-state index in [1.807, 2.05) is 52.0 Å². The molecule has 0 aliphatic rings. The van der Waals surface area contributed by atoms with Crippen molar-refractivity contribution in [2.75, 3.05) is 0 Å². The van der Waals surface area contributed by atoms with Gasteiger partial charge in [0.25, 0.3) is 0 Å². The third kappa shape index (κ3) is 4.55. The van der Waals surface area contributed by atoms with E-state index < -0.39 is 17.6 Å². The second kappa shape index (κ2) is 6.40. The fraction of sp³-hybridized carbons (Fsp3) is 0.412. The molecule has 0 spiro atoms. The third-order valence-electron chi connectivity index (χ3n) is 3.29. The lowest BCUT2D eigenvalue weighted by molar-refractivity contribution is 0.0508. The first kappa shape index (κ1) is 17.0. The zero-order valence-corrected chi connectivity index (χ0v) is 14.1. The monoisotopic (exact) mass is 319 g/mol. The van der Waals surface area contributed by atoms with E-state index in [0.717, 1.165) is 11.1 Å². The average Bonchev–Trinajstić information content (AvgIpc) is 2.75. The van der Waals surface area contributed by atoms with Crippen LogP contribution in [-0.2, 0) is 11.8 Å². The summed E-state index contributed by atoms with van der Waals surface area (Å²) in [6, 6.07) is 8.72. The molecule has 2 rings (SSSR count). The number of carbonyl (C=O) groups excluding carboxylic acids is 1. The normalized spacial score (nSPS) is 12.8. The van der Waals surface area contributed by atoms with Crippen LogP contribution in [0.15, 0.2) is 30.3 Å². The van der Waals surface area contributed by atoms with Crippen molar-refractivity contribution in [2.24, 2.45) is 7.05 Å². The number of hydrogen-bond acceptors (Lipinski definition) is 3. The zero-order valence-electron chi connectivity index (χ0n) is 14.1. The van der Waals surface area contributed by atoms with Gasteiger partial charge in [0.15, 0.2) is 0 Å². The Hall–Kier alpha value is -2.37. The number of halogens is 1. The van der Waals surface area contributed by atoms with E-state index in [1.54, 1.807) is 7.05 Å². The van der Waals surface area contributed by atoms with Gasteiger partial charge in [0.2, 0.25) is 5.95 Å². The molecule has 0 unspecified atom stereocenters. The summed E-state index contributed by atoms with van der Waals surface area (Å²) in [5.74, 6) is -0.508. The summed E-state index contributed by atoms with van der Waals surface area (Å²) in [4.78, 5) is 11.8. The van der Waals surface area contributed by atoms with Gasteiger partial charge in [0.1, 0.15) is 5.60 Å². The highest BCUT2D eigenvalue weighted by atomic mass is 19.1. The summed E-state index contributed by atoms with van der Waals surface area (Å²) in [6.45, 7) is 7.33. The first-order chi connectivity index (χ1) is 10.7. The van der Waals surface area contributed by atoms with Gasteiger partial charge in [-0.1, -0.05) is 24.3 Å². The molecule has 1 amide bonds. The predicted octanol–water partition coefficient (Wildman–Crippen LogP) is 3.81. The van der Waals surface area contributed by atoms with E-state index in [4.69, 9.17) is 4.74 Å². The molecule has 1 aromatic carbocycles. The maximum atomic E-state index is 13.2. The summed E-state index contributed by atoms with van der Waals surface area (Å²) in [6.07, 6.45) is -0.456. The molecule has 5 nitrogen and oxygen atoms in total. The van der Waals surface area contributed by atoms with Crippen molar-refractivity contribution in [3.63, 3.8) is 0 Å². The van der Waals surface area contributed by atoms with Crippen molar-refractivity contribution in [3.8, 4) is 11.3 Å². The van der Waals surface area contributed by atoms with Crippen LogP contribution in [0.1, 0.15) is 39.3 Å². The van der Waals surface area contributed by atoms with Crippen LogP contribution >= 0.6 is 0 Å². The van der Waals surface area contributed by atoms with Crippen LogP contribution in [0.25, 0.3) is 11.3 Å². The summed E-state index contributed by atoms with van der Waals surface area (Å²) in [7, 11) is 1.69. The van der Waals surface area contributed by atoms with Crippen molar-refractivity contribution in [1.29, 1.82) is 0 Å². The summed E-state index contributed by atoms with van der Waals surface area (Å²) < 4.78 is 19.9. The molecule has 1 heterocycles. The standard InChI is InChI=1S/C17H22FN3O2/c1-11(19-16(22)23-17(2,3)4)12-6-8-13(9-7-12)14-10-15(18)20-21(14)5/h6-11H,1-5H3,(H,19,22)/t11-/m0/s1. The topological polar surface area (TPSA) is 56.1 Å². The average molecular weight is 319 g/mol. The molecule has 124 valence electrons. The first-order valence-electron chi connectivity index (χ1n) is 7.45. The minimum absolute atomic E-state index is 0.192. The Morgan fingerprint density at radius 1 is 1.30 bits per heavy atom. The van der Waals surface area contributed by atoms with Gasteiger partial charge in [0, 0.05) is 13.1 Å². The number of benzene rings is 1. The van der Waals surface area contributed by atoms with Crippen LogP contribution < -0.4 is 5.32 Å². The fourth-order valence-electron chi connectivity index (χ4n) is 2.21. The molecule has 1 aromatic heterocycles. The smallest absolute Gasteiger partial charge is 0.408 e. The Balaban J connectivity index is 2.07. The molecule has 0 fully saturated rings. The van der Waals surface area contributed by atoms with Crippen LogP contribution in [0.2, 0.25) is 0 Å². The molecule has 2 aromatic rings. The Morgan fingerprint density at radius 3 is 2.39 bits per heavy atom. The van der Waals surface area contributed by atoms with Crippen molar-refractivity contribution < 1.29 is 13.9 Å². The lowest BCUT2D eigenvalue weighted by atomic mass is 10.0. The minimum Gasteiger partial charge on any atom is -0.444 e. The Morgan fingerprint density at radius 2 is 1.91 bits per heavy atom. The van der Waals surface area contributed by atoms with Crippen molar-refractivity contribution >= 4 is 6.09 Å². The molecule has 23 heavy (non-hydrogen) atoms. The fourth-order valence-corrected chi connectivity index (χ4v) is 2.21. The van der Waals surface area contributed by atoms with Crippen molar-refractivity contribution in [2.45, 2.75) is 39.3 Å². The molecule has 0 saturated heterocycles. The van der Waals surface area contributed by atoms with Crippen LogP contribution in [0.4, 0.5) is 9.18 Å². The lowest BCUT2D eigenvalue weighted by Gasteiger charge is -2.22. The molecular formula is C17H22FN3O2. The second-order valence-corrected chi connectivity index (χ2v) is 6.47. The molecule has 1 atom stereocenters. The Labute approximate surface area is 135 Å². The molecule has 6 heteroatoms. The largest absolute Gasteiger partial charge is 0.444 e. The second-order valence-electron chi connectivity index (χ2n) is 6.47. The number of alkyl carbamates (subject to hydrolysis) is 1. The van der Waals surface area contributed by atoms with E-state index >= 15 is 0 Å². The molecule has 0 bridgehead atoms. The van der Waals surface area contributed by atoms with E-state index in [-0.39, 0.29) is 6.04 Å². The van der Waals surface area contributed by atoms with Crippen molar-refractivity contribution in [3.05, 3.63) is 41.8 Å². The summed E-state index contributed by atoms with van der Waals surface area (Å²) in [5, 5.41) is 6.48. The Kier molecular flexibility index (Phi) is 4.73. The van der Waals surface area contributed by atoms with E-state index in [1.165, 1.54) is 10.7 Å². The number of amides is 1. The molecule has 0 saturated carbocycles. The number of carbonyl (C=O) groups is 1. The van der Waals surface area contributed by atoms with Gasteiger partial charge in [-0.2, -0.15) is 4.39 Å². The van der Waals surface area contributed by atoms with Gasteiger partial charge in [-0.15, -0.1) is 5.10 Å². The minimum atomic E-state index is -0.530. The van der Waals surface area contributed by atoms with Crippen LogP contribution in [0, 0.1) is 5.95 Å². The zero-order chi connectivity index (χ0) is 17.2. The molecule has 0 aliphatic carbocycles. The number of hydrogen-bond donors (Lipinski definition) is 1. The van der Waals surface area contributed by atoms with Gasteiger partial charge < -0.3 is 10.1 Å². The lowest BCUT2D eigenvalue weighted by Crippen LogP contribution is -2.34. The van der Waals surface area contributed by atoms with Gasteiger partial charge in [-0.25, -0.2) is 4.79 Å². The molecular weight excluding hydrogens is 297 g/mol. The number of aryl methyl sites for hydroxylation is 1. The third-order valence-corrected chi connectivity index (χ3v) is 3.29. The number of nitrogens with one attached hydrogen (secondary N) is 1. The van der Waals surface area contributed by atoms with Crippen LogP contribution in [0.3, 0.4) is 0 Å². The number of rotatable bonds is 3. The highest BCUT2D eigenvalue weighted by molar-refractivity contribution is 5.68. The molecule has 1 N–H and O–H groups in total. The number of aromatic nitrogens is 2. The number of ether oxygens (including phenoxy) is 1. The van der Waals surface area contributed by atoms with Gasteiger partial charge >= 0.3 is 6.09 Å². The predicted molar refractivity (Wildman–Crippen MR) is 86.4 cm³/mol. The van der Waals surface area contributed by atoms with Gasteiger partial charge in [-0.3, -0.25) is 4.68 Å². The highest BCUT2D eigenvalue weighted by Gasteiger charge is 2.18. The van der Waals surface area contributed by atoms with E-state index in [0.29, 0.717) is 5.69 Å². The quantitative estimate of drug-likeness (QED) is 0.936. The van der Waals surface area contributed by atoms with Crippen LogP contribution in [0.5, 0.6) is 0 Å². The van der Waals surface area contributed by atoms with Gasteiger partial charge in [-0.05, 0) is 38.8 Å². The van der Waals surface area contributed by atoms with Crippen molar-refractivity contribution in [1.82, 2.24) is 15.1 Å². The molecule has 0 radical (unpaired) electrons. The SMILES string of the molecule is C[C@H](NC(=O)OC(C)(C)C)c1ccc(-c2cc(F)nn2C)cc1. The van der Waals surface area contributed by atoms with Crippen LogP contribution in [-0.4, -0.2) is 21.5 Å². The van der Waals surface area contributed by atoms with Gasteiger partial charge in [0.05, 0.1) is 11.7 Å². The number of nitrogens with zero attached hydrogens (tertiary/aromatic N) is 2. The van der Waals surface area contributed by atoms with E-state index in [2.05, 4.69) is 10.4 Å². The highest BCUT2D eigenvalue weighted by Crippen LogP contribution is 2.22. The summed E-state index contributed by atoms with van der Waals surface area (Å²) >= 11 is 0. The van der Waals surface area contributed by atoms with E-state index in [9.17, 15) is 9.18 Å². The Bertz CT molecular complexity index is 687. The first-order valence-corrected chi connectivity index (χ1v) is 7.45. The molecule has 0 aliphatic heterocycles.